The zero-order valence-electron chi connectivity index (χ0n) is 7.14. The van der Waals surface area contributed by atoms with Gasteiger partial charge >= 0.3 is 5.97 Å². The molecule has 1 heterocycles. The second-order valence-corrected chi connectivity index (χ2v) is 5.91. The molecular weight excluding hydrogens is 266 g/mol. The lowest BCUT2D eigenvalue weighted by Crippen LogP contribution is -2.26. The Labute approximate surface area is 94.4 Å². The third-order valence-corrected chi connectivity index (χ3v) is 4.11. The Morgan fingerprint density at radius 2 is 2.27 bits per heavy atom. The summed E-state index contributed by atoms with van der Waals surface area (Å²) in [6.07, 6.45) is 0. The molecule has 0 aromatic carbocycles. The molecule has 1 aromatic heterocycles. The van der Waals surface area contributed by atoms with Gasteiger partial charge in [0, 0.05) is 0 Å². The van der Waals surface area contributed by atoms with E-state index in [-0.39, 0.29) is 4.21 Å². The molecule has 0 aliphatic heterocycles. The summed E-state index contributed by atoms with van der Waals surface area (Å²) in [6, 6.07) is 2.71. The molecule has 0 bridgehead atoms. The lowest BCUT2D eigenvalue weighted by atomic mass is 10.7. The van der Waals surface area contributed by atoms with Gasteiger partial charge in [0.2, 0.25) is 0 Å². The van der Waals surface area contributed by atoms with Gasteiger partial charge in [-0.1, -0.05) is 16.5 Å². The second kappa shape index (κ2) is 4.90. The Bertz CT molecular complexity index is 454. The average Bonchev–Trinajstić information content (AvgIpc) is 2.51. The monoisotopic (exact) mass is 271 g/mol. The van der Waals surface area contributed by atoms with E-state index in [1.54, 1.807) is 4.89 Å². The van der Waals surface area contributed by atoms with Crippen molar-refractivity contribution in [3.8, 4) is 0 Å². The molecular formula is C6H6ClNO5S2. The van der Waals surface area contributed by atoms with E-state index in [1.165, 1.54) is 12.1 Å². The molecule has 0 aliphatic rings. The molecule has 0 saturated carbocycles. The molecule has 1 rings (SSSR count). The molecule has 0 saturated heterocycles. The highest BCUT2D eigenvalue weighted by Crippen LogP contribution is 2.25. The molecule has 0 unspecified atom stereocenters. The van der Waals surface area contributed by atoms with E-state index in [4.69, 9.17) is 16.7 Å². The van der Waals surface area contributed by atoms with E-state index in [9.17, 15) is 13.2 Å². The van der Waals surface area contributed by atoms with Crippen LogP contribution < -0.4 is 4.89 Å². The van der Waals surface area contributed by atoms with Crippen molar-refractivity contribution in [3.05, 3.63) is 16.5 Å². The molecule has 1 aromatic rings. The van der Waals surface area contributed by atoms with Crippen molar-refractivity contribution in [1.82, 2.24) is 4.89 Å². The highest BCUT2D eigenvalue weighted by Gasteiger charge is 2.17. The summed E-state index contributed by atoms with van der Waals surface area (Å²) >= 11 is 6.38. The van der Waals surface area contributed by atoms with Gasteiger partial charge in [0.1, 0.15) is 4.21 Å². The molecule has 0 fully saturated rings. The van der Waals surface area contributed by atoms with Gasteiger partial charge in [0.05, 0.1) is 4.34 Å². The fourth-order valence-electron chi connectivity index (χ4n) is 0.652. The number of carbonyl (C=O) groups is 1. The maximum Gasteiger partial charge on any atom is 0.331 e. The van der Waals surface area contributed by atoms with E-state index in [0.29, 0.717) is 4.34 Å². The minimum Gasteiger partial charge on any atom is -0.479 e. The Balaban J connectivity index is 2.64. The highest BCUT2D eigenvalue weighted by molar-refractivity contribution is 7.91. The van der Waals surface area contributed by atoms with Crippen molar-refractivity contribution in [1.29, 1.82) is 0 Å². The minimum atomic E-state index is -3.84. The number of carboxylic acids is 1. The number of aliphatic carboxylic acids is 1. The second-order valence-electron chi connectivity index (χ2n) is 2.33. The summed E-state index contributed by atoms with van der Waals surface area (Å²) in [4.78, 5) is 16.0. The molecule has 0 atom stereocenters. The zero-order chi connectivity index (χ0) is 11.5. The van der Waals surface area contributed by atoms with Gasteiger partial charge in [-0.25, -0.2) is 13.2 Å². The van der Waals surface area contributed by atoms with Crippen LogP contribution in [0.1, 0.15) is 0 Å². The van der Waals surface area contributed by atoms with Crippen LogP contribution in [0.4, 0.5) is 0 Å². The van der Waals surface area contributed by atoms with Crippen LogP contribution in [-0.4, -0.2) is 26.1 Å². The van der Waals surface area contributed by atoms with Gasteiger partial charge in [0.25, 0.3) is 10.0 Å². The van der Waals surface area contributed by atoms with Crippen LogP contribution in [0.3, 0.4) is 0 Å². The number of nitrogens with one attached hydrogen (secondary N) is 1. The SMILES string of the molecule is O=C(O)CONS(=O)(=O)c1ccc(Cl)s1. The Morgan fingerprint density at radius 3 is 2.73 bits per heavy atom. The summed E-state index contributed by atoms with van der Waals surface area (Å²) in [6.45, 7) is -0.752. The normalized spacial score (nSPS) is 11.5. The number of halogens is 1. The maximum atomic E-state index is 11.3. The largest absolute Gasteiger partial charge is 0.479 e. The minimum absolute atomic E-state index is 0.0436. The van der Waals surface area contributed by atoms with Crippen molar-refractivity contribution >= 4 is 38.9 Å². The average molecular weight is 272 g/mol. The topological polar surface area (TPSA) is 92.7 Å². The Morgan fingerprint density at radius 1 is 1.60 bits per heavy atom. The quantitative estimate of drug-likeness (QED) is 0.769. The summed E-state index contributed by atoms with van der Waals surface area (Å²) in [7, 11) is -3.84. The van der Waals surface area contributed by atoms with Crippen molar-refractivity contribution in [2.75, 3.05) is 6.61 Å². The van der Waals surface area contributed by atoms with Gasteiger partial charge in [-0.15, -0.1) is 11.3 Å². The Hall–Kier alpha value is -0.670. The molecule has 15 heavy (non-hydrogen) atoms. The van der Waals surface area contributed by atoms with Crippen molar-refractivity contribution < 1.29 is 23.2 Å². The summed E-state index contributed by atoms with van der Waals surface area (Å²) in [5.41, 5.74) is 0. The zero-order valence-corrected chi connectivity index (χ0v) is 9.53. The Kier molecular flexibility index (Phi) is 4.05. The fraction of sp³-hybridized carbons (Fsp3) is 0.167. The van der Waals surface area contributed by atoms with Crippen LogP contribution in [-0.2, 0) is 19.7 Å². The van der Waals surface area contributed by atoms with E-state index < -0.39 is 22.6 Å². The third-order valence-electron chi connectivity index (χ3n) is 1.18. The van der Waals surface area contributed by atoms with Crippen LogP contribution in [0.15, 0.2) is 16.3 Å². The lowest BCUT2D eigenvalue weighted by Gasteiger charge is -2.02. The van der Waals surface area contributed by atoms with Crippen molar-refractivity contribution in [2.24, 2.45) is 0 Å². The van der Waals surface area contributed by atoms with Crippen molar-refractivity contribution in [2.45, 2.75) is 4.21 Å². The first-order chi connectivity index (χ1) is 6.92. The first kappa shape index (κ1) is 12.4. The molecule has 2 N–H and O–H groups in total. The molecule has 0 aliphatic carbocycles. The van der Waals surface area contributed by atoms with Crippen LogP contribution >= 0.6 is 22.9 Å². The third kappa shape index (κ3) is 3.76. The number of sulfonamides is 1. The smallest absolute Gasteiger partial charge is 0.331 e. The molecule has 84 valence electrons. The number of carboxylic acid groups (broad SMARTS) is 1. The van der Waals surface area contributed by atoms with Gasteiger partial charge in [-0.2, -0.15) is 0 Å². The molecule has 9 heteroatoms. The number of rotatable bonds is 5. The van der Waals surface area contributed by atoms with Crippen LogP contribution in [0, 0.1) is 0 Å². The van der Waals surface area contributed by atoms with Gasteiger partial charge < -0.3 is 5.11 Å². The molecule has 0 spiro atoms. The van der Waals surface area contributed by atoms with Gasteiger partial charge in [-0.3, -0.25) is 4.84 Å². The molecule has 6 nitrogen and oxygen atoms in total. The number of hydrogen-bond acceptors (Lipinski definition) is 5. The highest BCUT2D eigenvalue weighted by atomic mass is 35.5. The van der Waals surface area contributed by atoms with E-state index in [1.807, 2.05) is 0 Å². The van der Waals surface area contributed by atoms with Gasteiger partial charge in [-0.05, 0) is 12.1 Å². The van der Waals surface area contributed by atoms with E-state index in [0.717, 1.165) is 11.3 Å². The number of thiophene rings is 1. The fourth-order valence-corrected chi connectivity index (χ4v) is 2.92. The van der Waals surface area contributed by atoms with E-state index >= 15 is 0 Å². The van der Waals surface area contributed by atoms with Crippen LogP contribution in [0.5, 0.6) is 0 Å². The van der Waals surface area contributed by atoms with Crippen molar-refractivity contribution in [3.63, 3.8) is 0 Å². The molecule has 0 amide bonds. The van der Waals surface area contributed by atoms with Crippen LogP contribution in [0.2, 0.25) is 4.34 Å². The predicted octanol–water partition coefficient (Wildman–Crippen LogP) is 0.696. The number of hydrogen-bond donors (Lipinski definition) is 2. The first-order valence-electron chi connectivity index (χ1n) is 3.52. The maximum absolute atomic E-state index is 11.3. The standard InChI is InChI=1S/C6H6ClNO5S2/c7-4-1-2-6(14-4)15(11,12)8-13-3-5(9)10/h1-2,8H,3H2,(H,9,10). The van der Waals surface area contributed by atoms with Crippen LogP contribution in [0.25, 0.3) is 0 Å². The van der Waals surface area contributed by atoms with Gasteiger partial charge in [0.15, 0.2) is 6.61 Å². The summed E-state index contributed by atoms with van der Waals surface area (Å²) in [5.74, 6) is -1.28. The lowest BCUT2D eigenvalue weighted by molar-refractivity contribution is -0.143. The summed E-state index contributed by atoms with van der Waals surface area (Å²) in [5, 5.41) is 8.21. The molecule has 0 radical (unpaired) electrons. The summed E-state index contributed by atoms with van der Waals surface area (Å²) < 4.78 is 23.0. The first-order valence-corrected chi connectivity index (χ1v) is 6.20. The predicted molar refractivity (Wildman–Crippen MR) is 53.2 cm³/mol. The van der Waals surface area contributed by atoms with E-state index in [2.05, 4.69) is 4.84 Å².